The van der Waals surface area contributed by atoms with E-state index in [2.05, 4.69) is 6.58 Å². The first-order valence-corrected chi connectivity index (χ1v) is 17.7. The third-order valence-corrected chi connectivity index (χ3v) is 8.33. The molecule has 0 N–H and O–H groups in total. The van der Waals surface area contributed by atoms with Gasteiger partial charge in [0.2, 0.25) is 0 Å². The van der Waals surface area contributed by atoms with Crippen molar-refractivity contribution in [3.8, 4) is 11.5 Å². The van der Waals surface area contributed by atoms with Crippen LogP contribution in [0.25, 0.3) is 12.2 Å². The molecule has 0 spiro atoms. The van der Waals surface area contributed by atoms with E-state index in [1.165, 1.54) is 114 Å². The molecule has 0 saturated carbocycles. The van der Waals surface area contributed by atoms with Gasteiger partial charge in [0.25, 0.3) is 0 Å². The van der Waals surface area contributed by atoms with Crippen LogP contribution in [-0.4, -0.2) is 18.4 Å². The standard InChI is InChI=1S/C42H53FO4/c1-2-35-20-29-39(30-21-35)46-34-18-16-14-12-10-8-6-4-3-5-7-9-11-13-15-17-19-42(45)47-40-31-22-36(23-32-40)24-33-41(44)37-25-27-38(43)28-26-37/h2,20-33H,1,3-19,34H2. The van der Waals surface area contributed by atoms with Crippen molar-refractivity contribution in [3.63, 3.8) is 0 Å². The number of unbranched alkanes of at least 4 members (excludes halogenated alkanes) is 15. The fourth-order valence-electron chi connectivity index (χ4n) is 5.45. The quantitative estimate of drug-likeness (QED) is 0.0304. The second-order valence-electron chi connectivity index (χ2n) is 12.3. The number of hydrogen-bond acceptors (Lipinski definition) is 4. The molecule has 0 aromatic heterocycles. The molecule has 0 aliphatic heterocycles. The highest BCUT2D eigenvalue weighted by Gasteiger charge is 2.06. The van der Waals surface area contributed by atoms with E-state index < -0.39 is 0 Å². The Bertz CT molecular complexity index is 1330. The van der Waals surface area contributed by atoms with E-state index in [0.29, 0.717) is 17.7 Å². The lowest BCUT2D eigenvalue weighted by Crippen LogP contribution is -2.07. The van der Waals surface area contributed by atoms with Gasteiger partial charge in [0.1, 0.15) is 17.3 Å². The molecule has 0 atom stereocenters. The molecule has 0 aliphatic rings. The van der Waals surface area contributed by atoms with Gasteiger partial charge in [-0.3, -0.25) is 9.59 Å². The number of carbonyl (C=O) groups excluding carboxylic acids is 2. The van der Waals surface area contributed by atoms with Crippen LogP contribution in [0.3, 0.4) is 0 Å². The minimum Gasteiger partial charge on any atom is -0.494 e. The SMILES string of the molecule is C=Cc1ccc(OCCCCCCCCCCCCCCCCCCC(=O)Oc2ccc(C=CC(=O)c3ccc(F)cc3)cc2)cc1. The molecule has 0 bridgehead atoms. The molecular weight excluding hydrogens is 587 g/mol. The van der Waals surface area contributed by atoms with Crippen LogP contribution in [0.4, 0.5) is 4.39 Å². The molecule has 0 aliphatic carbocycles. The smallest absolute Gasteiger partial charge is 0.311 e. The van der Waals surface area contributed by atoms with E-state index in [9.17, 15) is 14.0 Å². The van der Waals surface area contributed by atoms with Crippen molar-refractivity contribution in [1.82, 2.24) is 0 Å². The molecule has 0 unspecified atom stereocenters. The Hall–Kier alpha value is -3.99. The molecule has 4 nitrogen and oxygen atoms in total. The van der Waals surface area contributed by atoms with E-state index in [-0.39, 0.29) is 17.6 Å². The highest BCUT2D eigenvalue weighted by Crippen LogP contribution is 2.18. The van der Waals surface area contributed by atoms with E-state index in [1.807, 2.05) is 30.3 Å². The molecule has 3 aromatic rings. The highest BCUT2D eigenvalue weighted by molar-refractivity contribution is 6.06. The van der Waals surface area contributed by atoms with Gasteiger partial charge in [-0.05, 0) is 78.6 Å². The predicted molar refractivity (Wildman–Crippen MR) is 192 cm³/mol. The summed E-state index contributed by atoms with van der Waals surface area (Å²) < 4.78 is 24.3. The van der Waals surface area contributed by atoms with Gasteiger partial charge in [0, 0.05) is 12.0 Å². The normalized spacial score (nSPS) is 11.1. The summed E-state index contributed by atoms with van der Waals surface area (Å²) in [5.74, 6) is 0.660. The van der Waals surface area contributed by atoms with E-state index in [0.717, 1.165) is 42.7 Å². The van der Waals surface area contributed by atoms with Gasteiger partial charge in [-0.15, -0.1) is 0 Å². The Kier molecular flexibility index (Phi) is 18.6. The average molecular weight is 641 g/mol. The number of ether oxygens (including phenoxy) is 2. The second-order valence-corrected chi connectivity index (χ2v) is 12.3. The molecule has 0 fully saturated rings. The van der Waals surface area contributed by atoms with Crippen molar-refractivity contribution < 1.29 is 23.5 Å². The average Bonchev–Trinajstić information content (AvgIpc) is 3.09. The summed E-state index contributed by atoms with van der Waals surface area (Å²) in [6.45, 7) is 4.57. The topological polar surface area (TPSA) is 52.6 Å². The first kappa shape index (κ1) is 37.5. The van der Waals surface area contributed by atoms with Crippen LogP contribution in [0.5, 0.6) is 11.5 Å². The summed E-state index contributed by atoms with van der Waals surface area (Å²) in [6.07, 6.45) is 25.4. The van der Waals surface area contributed by atoms with E-state index in [1.54, 1.807) is 30.3 Å². The molecule has 0 saturated heterocycles. The molecular formula is C42H53FO4. The van der Waals surface area contributed by atoms with Gasteiger partial charge in [-0.2, -0.15) is 0 Å². The van der Waals surface area contributed by atoms with Gasteiger partial charge in [-0.25, -0.2) is 4.39 Å². The van der Waals surface area contributed by atoms with Crippen LogP contribution in [0.15, 0.2) is 85.5 Å². The van der Waals surface area contributed by atoms with Crippen LogP contribution in [-0.2, 0) is 4.79 Å². The number of ketones is 1. The number of benzene rings is 3. The first-order chi connectivity index (χ1) is 23.0. The molecule has 252 valence electrons. The lowest BCUT2D eigenvalue weighted by Gasteiger charge is -2.06. The third kappa shape index (κ3) is 16.9. The van der Waals surface area contributed by atoms with Crippen molar-refractivity contribution in [2.24, 2.45) is 0 Å². The highest BCUT2D eigenvalue weighted by atomic mass is 19.1. The van der Waals surface area contributed by atoms with Crippen molar-refractivity contribution in [2.75, 3.05) is 6.61 Å². The van der Waals surface area contributed by atoms with Crippen LogP contribution in [0.2, 0.25) is 0 Å². The molecule has 3 rings (SSSR count). The van der Waals surface area contributed by atoms with Crippen molar-refractivity contribution in [2.45, 2.75) is 109 Å². The molecule has 3 aromatic carbocycles. The number of carbonyl (C=O) groups is 2. The third-order valence-electron chi connectivity index (χ3n) is 8.33. The van der Waals surface area contributed by atoms with Gasteiger partial charge in [-0.1, -0.05) is 133 Å². The summed E-state index contributed by atoms with van der Waals surface area (Å²) in [4.78, 5) is 24.4. The van der Waals surface area contributed by atoms with Crippen LogP contribution in [0, 0.1) is 5.82 Å². The summed E-state index contributed by atoms with van der Waals surface area (Å²) in [5, 5.41) is 0. The van der Waals surface area contributed by atoms with Crippen molar-refractivity contribution >= 4 is 23.9 Å². The van der Waals surface area contributed by atoms with Crippen LogP contribution < -0.4 is 9.47 Å². The number of allylic oxidation sites excluding steroid dienone is 1. The molecule has 0 radical (unpaired) electrons. The monoisotopic (exact) mass is 640 g/mol. The second kappa shape index (κ2) is 23.3. The lowest BCUT2D eigenvalue weighted by atomic mass is 10.0. The zero-order valence-corrected chi connectivity index (χ0v) is 28.1. The Labute approximate surface area is 282 Å². The summed E-state index contributed by atoms with van der Waals surface area (Å²) in [6, 6.07) is 20.6. The maximum atomic E-state index is 13.0. The zero-order chi connectivity index (χ0) is 33.4. The van der Waals surface area contributed by atoms with Crippen LogP contribution >= 0.6 is 0 Å². The van der Waals surface area contributed by atoms with Crippen molar-refractivity contribution in [1.29, 1.82) is 0 Å². The van der Waals surface area contributed by atoms with Gasteiger partial charge in [0.15, 0.2) is 5.78 Å². The maximum Gasteiger partial charge on any atom is 0.311 e. The van der Waals surface area contributed by atoms with Gasteiger partial charge >= 0.3 is 5.97 Å². The maximum absolute atomic E-state index is 13.0. The lowest BCUT2D eigenvalue weighted by molar-refractivity contribution is -0.134. The van der Waals surface area contributed by atoms with E-state index >= 15 is 0 Å². The summed E-state index contributed by atoms with van der Waals surface area (Å²) >= 11 is 0. The van der Waals surface area contributed by atoms with Gasteiger partial charge in [0.05, 0.1) is 6.61 Å². The number of esters is 1. The Balaban J connectivity index is 1.06. The molecule has 0 heterocycles. The number of hydrogen-bond donors (Lipinski definition) is 0. The van der Waals surface area contributed by atoms with Crippen LogP contribution in [0.1, 0.15) is 131 Å². The largest absolute Gasteiger partial charge is 0.494 e. The zero-order valence-electron chi connectivity index (χ0n) is 28.1. The first-order valence-electron chi connectivity index (χ1n) is 17.7. The Morgan fingerprint density at radius 2 is 1.04 bits per heavy atom. The van der Waals surface area contributed by atoms with E-state index in [4.69, 9.17) is 9.47 Å². The fraction of sp³-hybridized carbons (Fsp3) is 0.429. The van der Waals surface area contributed by atoms with Crippen molar-refractivity contribution in [3.05, 3.63) is 108 Å². The Morgan fingerprint density at radius 1 is 0.574 bits per heavy atom. The number of rotatable bonds is 25. The summed E-state index contributed by atoms with van der Waals surface area (Å²) in [7, 11) is 0. The minimum atomic E-state index is -0.373. The predicted octanol–water partition coefficient (Wildman–Crippen LogP) is 12.0. The molecule has 0 amide bonds. The molecule has 47 heavy (non-hydrogen) atoms. The van der Waals surface area contributed by atoms with Gasteiger partial charge < -0.3 is 9.47 Å². The minimum absolute atomic E-state index is 0.200. The molecule has 5 heteroatoms. The summed E-state index contributed by atoms with van der Waals surface area (Å²) in [5.41, 5.74) is 2.36. The Morgan fingerprint density at radius 3 is 1.57 bits per heavy atom. The number of halogens is 1. The fourth-order valence-corrected chi connectivity index (χ4v) is 5.45.